The van der Waals surface area contributed by atoms with Gasteiger partial charge in [0.15, 0.2) is 0 Å². The number of halogens is 3. The van der Waals surface area contributed by atoms with Gasteiger partial charge >= 0.3 is 0 Å². The molecule has 8 heteroatoms. The van der Waals surface area contributed by atoms with Gasteiger partial charge in [-0.1, -0.05) is 43.0 Å². The maximum Gasteiger partial charge on any atom is 0.254 e. The van der Waals surface area contributed by atoms with E-state index in [2.05, 4.69) is 12.2 Å². The lowest BCUT2D eigenvalue weighted by Crippen LogP contribution is -2.50. The van der Waals surface area contributed by atoms with Crippen molar-refractivity contribution in [1.82, 2.24) is 10.2 Å². The average Bonchev–Trinajstić information content (AvgIpc) is 3.06. The van der Waals surface area contributed by atoms with E-state index >= 15 is 0 Å². The Morgan fingerprint density at radius 2 is 1.96 bits per heavy atom. The molecule has 2 unspecified atom stereocenters. The van der Waals surface area contributed by atoms with Crippen LogP contribution in [0.2, 0.25) is 10.0 Å². The van der Waals surface area contributed by atoms with E-state index in [9.17, 15) is 9.59 Å². The predicted molar refractivity (Wildman–Crippen MR) is 108 cm³/mol. The van der Waals surface area contributed by atoms with E-state index in [0.29, 0.717) is 35.1 Å². The first-order valence-electron chi connectivity index (χ1n) is 8.73. The number of unbranched alkanes of at least 4 members (excludes halogenated alkanes) is 1. The summed E-state index contributed by atoms with van der Waals surface area (Å²) in [5.74, 6) is -0.356. The standard InChI is InChI=1S/C18H25Cl2N3O2.ClH/c1-2-3-5-15(11-21)22-17(24)16-6-4-7-23(16)18(25)12-8-13(19)10-14(20)9-12;/h8-10,15-16H,2-7,11,21H2,1H3,(H,22,24);1H. The molecule has 0 saturated carbocycles. The van der Waals surface area contributed by atoms with E-state index in [1.165, 1.54) is 0 Å². The lowest BCUT2D eigenvalue weighted by molar-refractivity contribution is -0.125. The number of hydrogen-bond acceptors (Lipinski definition) is 3. The molecule has 0 aliphatic carbocycles. The molecule has 1 aromatic rings. The number of carbonyl (C=O) groups is 2. The van der Waals surface area contributed by atoms with Gasteiger partial charge in [-0.15, -0.1) is 12.4 Å². The average molecular weight is 423 g/mol. The summed E-state index contributed by atoms with van der Waals surface area (Å²) in [6.07, 6.45) is 4.35. The summed E-state index contributed by atoms with van der Waals surface area (Å²) < 4.78 is 0. The van der Waals surface area contributed by atoms with Crippen LogP contribution in [0.3, 0.4) is 0 Å². The number of rotatable bonds is 7. The molecule has 1 aliphatic rings. The van der Waals surface area contributed by atoms with Crippen LogP contribution >= 0.6 is 35.6 Å². The second-order valence-corrected chi connectivity index (χ2v) is 7.27. The zero-order valence-electron chi connectivity index (χ0n) is 14.8. The molecule has 1 aromatic carbocycles. The Morgan fingerprint density at radius 1 is 1.31 bits per heavy atom. The summed E-state index contributed by atoms with van der Waals surface area (Å²) in [7, 11) is 0. The third kappa shape index (κ3) is 6.02. The van der Waals surface area contributed by atoms with Gasteiger partial charge in [0.05, 0.1) is 0 Å². The van der Waals surface area contributed by atoms with E-state index in [4.69, 9.17) is 28.9 Å². The fourth-order valence-electron chi connectivity index (χ4n) is 3.12. The van der Waals surface area contributed by atoms with E-state index < -0.39 is 6.04 Å². The normalized spacial score (nSPS) is 17.5. The van der Waals surface area contributed by atoms with Gasteiger partial charge in [0, 0.05) is 34.7 Å². The highest BCUT2D eigenvalue weighted by atomic mass is 35.5. The van der Waals surface area contributed by atoms with Crippen molar-refractivity contribution in [2.75, 3.05) is 13.1 Å². The molecule has 0 bridgehead atoms. The molecule has 1 saturated heterocycles. The molecule has 2 rings (SSSR count). The summed E-state index contributed by atoms with van der Waals surface area (Å²) in [5.41, 5.74) is 6.16. The largest absolute Gasteiger partial charge is 0.350 e. The zero-order chi connectivity index (χ0) is 18.4. The van der Waals surface area contributed by atoms with Gasteiger partial charge < -0.3 is 16.0 Å². The van der Waals surface area contributed by atoms with Crippen molar-refractivity contribution < 1.29 is 9.59 Å². The van der Waals surface area contributed by atoms with Crippen molar-refractivity contribution in [2.45, 2.75) is 51.1 Å². The van der Waals surface area contributed by atoms with Crippen molar-refractivity contribution in [1.29, 1.82) is 0 Å². The number of nitrogens with one attached hydrogen (secondary N) is 1. The van der Waals surface area contributed by atoms with Crippen molar-refractivity contribution in [2.24, 2.45) is 5.73 Å². The first-order chi connectivity index (χ1) is 12.0. The summed E-state index contributed by atoms with van der Waals surface area (Å²) in [6.45, 7) is 3.04. The van der Waals surface area contributed by atoms with Gasteiger partial charge in [-0.25, -0.2) is 0 Å². The van der Waals surface area contributed by atoms with Crippen LogP contribution in [0, 0.1) is 0 Å². The summed E-state index contributed by atoms with van der Waals surface area (Å²) in [4.78, 5) is 27.0. The smallest absolute Gasteiger partial charge is 0.254 e. The Labute approximate surface area is 171 Å². The molecule has 0 spiro atoms. The topological polar surface area (TPSA) is 75.4 Å². The van der Waals surface area contributed by atoms with Crippen LogP contribution in [0.1, 0.15) is 49.4 Å². The summed E-state index contributed by atoms with van der Waals surface area (Å²) in [5, 5.41) is 3.80. The van der Waals surface area contributed by atoms with Gasteiger partial charge in [0.25, 0.3) is 5.91 Å². The Kier molecular flexibility index (Phi) is 9.72. The Morgan fingerprint density at radius 3 is 2.54 bits per heavy atom. The number of nitrogens with two attached hydrogens (primary N) is 1. The second kappa shape index (κ2) is 11.0. The number of benzene rings is 1. The van der Waals surface area contributed by atoms with E-state index in [1.807, 2.05) is 0 Å². The minimum atomic E-state index is -0.471. The maximum absolute atomic E-state index is 12.8. The molecule has 1 aliphatic heterocycles. The lowest BCUT2D eigenvalue weighted by Gasteiger charge is -2.26. The number of hydrogen-bond donors (Lipinski definition) is 2. The van der Waals surface area contributed by atoms with Crippen molar-refractivity contribution in [3.63, 3.8) is 0 Å². The number of nitrogens with zero attached hydrogens (tertiary/aromatic N) is 1. The van der Waals surface area contributed by atoms with Crippen LogP contribution in [0.5, 0.6) is 0 Å². The van der Waals surface area contributed by atoms with Gasteiger partial charge in [0.2, 0.25) is 5.91 Å². The highest BCUT2D eigenvalue weighted by Gasteiger charge is 2.35. The van der Waals surface area contributed by atoms with Crippen LogP contribution in [0.4, 0.5) is 0 Å². The number of amides is 2. The molecule has 5 nitrogen and oxygen atoms in total. The van der Waals surface area contributed by atoms with Crippen LogP contribution in [0.25, 0.3) is 0 Å². The minimum Gasteiger partial charge on any atom is -0.350 e. The molecule has 0 aromatic heterocycles. The molecule has 0 radical (unpaired) electrons. The van der Waals surface area contributed by atoms with Crippen LogP contribution in [-0.2, 0) is 4.79 Å². The first kappa shape index (κ1) is 23.0. The molecule has 1 fully saturated rings. The molecule has 1 heterocycles. The summed E-state index contributed by atoms with van der Waals surface area (Å²) >= 11 is 12.0. The summed E-state index contributed by atoms with van der Waals surface area (Å²) in [6, 6.07) is 4.21. The number of likely N-dealkylation sites (tertiary alicyclic amines) is 1. The maximum atomic E-state index is 12.8. The van der Waals surface area contributed by atoms with Crippen LogP contribution < -0.4 is 11.1 Å². The molecule has 146 valence electrons. The van der Waals surface area contributed by atoms with Gasteiger partial charge in [0.1, 0.15) is 6.04 Å². The van der Waals surface area contributed by atoms with E-state index in [0.717, 1.165) is 25.7 Å². The van der Waals surface area contributed by atoms with Crippen molar-refractivity contribution in [3.8, 4) is 0 Å². The fourth-order valence-corrected chi connectivity index (χ4v) is 3.65. The van der Waals surface area contributed by atoms with Crippen LogP contribution in [-0.4, -0.2) is 41.9 Å². The van der Waals surface area contributed by atoms with Crippen molar-refractivity contribution >= 4 is 47.4 Å². The van der Waals surface area contributed by atoms with E-state index in [1.54, 1.807) is 23.1 Å². The monoisotopic (exact) mass is 421 g/mol. The molecule has 26 heavy (non-hydrogen) atoms. The van der Waals surface area contributed by atoms with Crippen molar-refractivity contribution in [3.05, 3.63) is 33.8 Å². The molecule has 2 amide bonds. The second-order valence-electron chi connectivity index (χ2n) is 6.40. The minimum absolute atomic E-state index is 0. The first-order valence-corrected chi connectivity index (χ1v) is 9.49. The Bertz CT molecular complexity index is 607. The highest BCUT2D eigenvalue weighted by Crippen LogP contribution is 2.24. The predicted octanol–water partition coefficient (Wildman–Crippen LogP) is 3.65. The molecular formula is C18H26Cl3N3O2. The molecular weight excluding hydrogens is 397 g/mol. The Hall–Kier alpha value is -1.01. The highest BCUT2D eigenvalue weighted by molar-refractivity contribution is 6.35. The van der Waals surface area contributed by atoms with Crippen LogP contribution in [0.15, 0.2) is 18.2 Å². The SMILES string of the molecule is CCCCC(CN)NC(=O)C1CCCN1C(=O)c1cc(Cl)cc(Cl)c1.Cl. The number of carbonyl (C=O) groups excluding carboxylic acids is 2. The van der Waals surface area contributed by atoms with Gasteiger partial charge in [-0.3, -0.25) is 9.59 Å². The quantitative estimate of drug-likeness (QED) is 0.704. The lowest BCUT2D eigenvalue weighted by atomic mass is 10.1. The fraction of sp³-hybridized carbons (Fsp3) is 0.556. The van der Waals surface area contributed by atoms with Gasteiger partial charge in [-0.2, -0.15) is 0 Å². The van der Waals surface area contributed by atoms with E-state index in [-0.39, 0.29) is 30.3 Å². The van der Waals surface area contributed by atoms with Gasteiger partial charge in [-0.05, 0) is 37.5 Å². The Balaban J connectivity index is 0.00000338. The molecule has 2 atom stereocenters. The molecule has 3 N–H and O–H groups in total. The zero-order valence-corrected chi connectivity index (χ0v) is 17.2. The third-order valence-electron chi connectivity index (χ3n) is 4.46. The third-order valence-corrected chi connectivity index (χ3v) is 4.90.